The van der Waals surface area contributed by atoms with Crippen molar-refractivity contribution in [2.24, 2.45) is 5.50 Å². The molecule has 0 spiro atoms. The maximum atomic E-state index is 10.5. The average molecular weight is 196 g/mol. The van der Waals surface area contributed by atoms with Crippen LogP contribution in [0.2, 0.25) is 0 Å². The highest BCUT2D eigenvalue weighted by Gasteiger charge is 2.04. The summed E-state index contributed by atoms with van der Waals surface area (Å²) in [5, 5.41) is 4.83. The van der Waals surface area contributed by atoms with E-state index in [9.17, 15) is 4.57 Å². The standard InChI is InChI=1S/C2H10N3OP.2ClH/c1-4-7(3,6)5-2;;/h1-2H3,(H4,3,4,5,6);2*1H. The van der Waals surface area contributed by atoms with Crippen LogP contribution in [0.3, 0.4) is 0 Å². The Kier molecular flexibility index (Phi) is 12.4. The predicted octanol–water partition coefficient (Wildman–Crippen LogP) is 0.336. The van der Waals surface area contributed by atoms with Crippen molar-refractivity contribution in [1.82, 2.24) is 10.2 Å². The molecule has 9 heavy (non-hydrogen) atoms. The van der Waals surface area contributed by atoms with Crippen molar-refractivity contribution in [3.8, 4) is 0 Å². The van der Waals surface area contributed by atoms with E-state index in [1.807, 2.05) is 0 Å². The van der Waals surface area contributed by atoms with E-state index in [1.54, 1.807) is 0 Å². The lowest BCUT2D eigenvalue weighted by atomic mass is 11.6. The molecule has 0 aromatic heterocycles. The first kappa shape index (κ1) is 16.3. The Balaban J connectivity index is -0.000000180. The fourth-order valence-corrected chi connectivity index (χ4v) is 0.335. The summed E-state index contributed by atoms with van der Waals surface area (Å²) < 4.78 is 10.5. The number of hydrogen-bond donors (Lipinski definition) is 3. The van der Waals surface area contributed by atoms with Crippen LogP contribution < -0.4 is 15.7 Å². The van der Waals surface area contributed by atoms with Crippen molar-refractivity contribution in [3.63, 3.8) is 0 Å². The lowest BCUT2D eigenvalue weighted by molar-refractivity contribution is 0.563. The second-order valence-electron chi connectivity index (χ2n) is 1.11. The predicted molar refractivity (Wildman–Crippen MR) is 44.4 cm³/mol. The summed E-state index contributed by atoms with van der Waals surface area (Å²) in [6.45, 7) is 0. The van der Waals surface area contributed by atoms with E-state index in [0.29, 0.717) is 0 Å². The van der Waals surface area contributed by atoms with E-state index in [1.165, 1.54) is 14.1 Å². The molecule has 0 aliphatic heterocycles. The third-order valence-corrected chi connectivity index (χ3v) is 1.99. The van der Waals surface area contributed by atoms with Gasteiger partial charge in [0.25, 0.3) is 7.59 Å². The van der Waals surface area contributed by atoms with Crippen LogP contribution in [0.25, 0.3) is 0 Å². The molecule has 7 heteroatoms. The zero-order valence-electron chi connectivity index (χ0n) is 5.25. The smallest absolute Gasteiger partial charge is 0.271 e. The highest BCUT2D eigenvalue weighted by Crippen LogP contribution is 2.20. The van der Waals surface area contributed by atoms with Gasteiger partial charge in [0.2, 0.25) is 0 Å². The van der Waals surface area contributed by atoms with E-state index in [-0.39, 0.29) is 24.8 Å². The SMILES string of the molecule is CNP(N)(=O)NC.Cl.Cl. The van der Waals surface area contributed by atoms with E-state index in [4.69, 9.17) is 5.50 Å². The first-order chi connectivity index (χ1) is 3.12. The summed E-state index contributed by atoms with van der Waals surface area (Å²) >= 11 is 0. The summed E-state index contributed by atoms with van der Waals surface area (Å²) in [6.07, 6.45) is 0. The highest BCUT2D eigenvalue weighted by molar-refractivity contribution is 7.57. The van der Waals surface area contributed by atoms with Gasteiger partial charge in [-0.1, -0.05) is 0 Å². The molecule has 0 heterocycles. The topological polar surface area (TPSA) is 67.1 Å². The zero-order valence-corrected chi connectivity index (χ0v) is 7.78. The normalized spacial score (nSPS) is 9.22. The van der Waals surface area contributed by atoms with Gasteiger partial charge in [-0.15, -0.1) is 24.8 Å². The van der Waals surface area contributed by atoms with Crippen molar-refractivity contribution in [2.75, 3.05) is 14.1 Å². The molecular weight excluding hydrogens is 184 g/mol. The molecule has 0 saturated heterocycles. The summed E-state index contributed by atoms with van der Waals surface area (Å²) in [4.78, 5) is 0. The first-order valence-corrected chi connectivity index (χ1v) is 3.66. The summed E-state index contributed by atoms with van der Waals surface area (Å²) in [5.74, 6) is 0. The number of halogens is 2. The molecule has 4 N–H and O–H groups in total. The van der Waals surface area contributed by atoms with Gasteiger partial charge in [-0.2, -0.15) is 0 Å². The molecule has 0 atom stereocenters. The van der Waals surface area contributed by atoms with E-state index >= 15 is 0 Å². The first-order valence-electron chi connectivity index (χ1n) is 1.89. The average Bonchev–Trinajstić information content (AvgIpc) is 1.68. The molecule has 0 unspecified atom stereocenters. The van der Waals surface area contributed by atoms with Crippen LogP contribution in [-0.4, -0.2) is 14.1 Å². The van der Waals surface area contributed by atoms with Gasteiger partial charge in [0, 0.05) is 0 Å². The van der Waals surface area contributed by atoms with Gasteiger partial charge in [-0.05, 0) is 14.1 Å². The number of nitrogens with one attached hydrogen (secondary N) is 2. The molecule has 0 bridgehead atoms. The molecule has 4 nitrogen and oxygen atoms in total. The molecule has 0 aromatic rings. The number of rotatable bonds is 2. The lowest BCUT2D eigenvalue weighted by Gasteiger charge is -2.06. The molecule has 0 fully saturated rings. The Morgan fingerprint density at radius 1 is 1.22 bits per heavy atom. The molecule has 0 amide bonds. The Bertz CT molecular complexity index is 91.8. The van der Waals surface area contributed by atoms with Crippen LogP contribution in [0.1, 0.15) is 0 Å². The van der Waals surface area contributed by atoms with E-state index in [2.05, 4.69) is 10.2 Å². The van der Waals surface area contributed by atoms with Gasteiger partial charge in [-0.3, -0.25) is 10.1 Å². The van der Waals surface area contributed by atoms with Crippen LogP contribution in [0.4, 0.5) is 0 Å². The van der Waals surface area contributed by atoms with Crippen molar-refractivity contribution < 1.29 is 4.57 Å². The Morgan fingerprint density at radius 2 is 1.44 bits per heavy atom. The monoisotopic (exact) mass is 195 g/mol. The van der Waals surface area contributed by atoms with Crippen molar-refractivity contribution in [1.29, 1.82) is 0 Å². The second-order valence-corrected chi connectivity index (χ2v) is 3.32. The molecule has 60 valence electrons. The molecule has 0 rings (SSSR count). The van der Waals surface area contributed by atoms with Gasteiger partial charge >= 0.3 is 0 Å². The van der Waals surface area contributed by atoms with Crippen LogP contribution in [0.5, 0.6) is 0 Å². The van der Waals surface area contributed by atoms with Gasteiger partial charge < -0.3 is 0 Å². The summed E-state index contributed by atoms with van der Waals surface area (Å²) in [6, 6.07) is 0. The summed E-state index contributed by atoms with van der Waals surface area (Å²) in [5.41, 5.74) is 5.05. The lowest BCUT2D eigenvalue weighted by Crippen LogP contribution is -2.21. The second kappa shape index (κ2) is 6.81. The largest absolute Gasteiger partial charge is 0.275 e. The van der Waals surface area contributed by atoms with Crippen LogP contribution in [0, 0.1) is 0 Å². The highest BCUT2D eigenvalue weighted by atomic mass is 35.5. The van der Waals surface area contributed by atoms with Crippen molar-refractivity contribution in [3.05, 3.63) is 0 Å². The molecule has 0 aliphatic rings. The minimum absolute atomic E-state index is 0. The fraction of sp³-hybridized carbons (Fsp3) is 1.00. The van der Waals surface area contributed by atoms with Crippen molar-refractivity contribution >= 4 is 32.4 Å². The van der Waals surface area contributed by atoms with E-state index < -0.39 is 7.59 Å². The molecular formula is C2H12Cl2N3OP. The molecule has 0 saturated carbocycles. The third kappa shape index (κ3) is 8.69. The zero-order chi connectivity index (χ0) is 5.91. The van der Waals surface area contributed by atoms with Gasteiger partial charge in [0.05, 0.1) is 0 Å². The quantitative estimate of drug-likeness (QED) is 0.557. The van der Waals surface area contributed by atoms with Crippen LogP contribution in [-0.2, 0) is 4.57 Å². The van der Waals surface area contributed by atoms with Crippen molar-refractivity contribution in [2.45, 2.75) is 0 Å². The van der Waals surface area contributed by atoms with Gasteiger partial charge in [0.15, 0.2) is 0 Å². The summed E-state index contributed by atoms with van der Waals surface area (Å²) in [7, 11) is 0.424. The Morgan fingerprint density at radius 3 is 1.44 bits per heavy atom. The molecule has 0 aromatic carbocycles. The minimum atomic E-state index is -2.65. The van der Waals surface area contributed by atoms with Crippen LogP contribution in [0.15, 0.2) is 0 Å². The minimum Gasteiger partial charge on any atom is -0.271 e. The van der Waals surface area contributed by atoms with Gasteiger partial charge in [0.1, 0.15) is 0 Å². The van der Waals surface area contributed by atoms with Gasteiger partial charge in [-0.25, -0.2) is 10.2 Å². The Labute approximate surface area is 67.3 Å². The number of hydrogen-bond acceptors (Lipinski definition) is 1. The molecule has 0 aliphatic carbocycles. The maximum Gasteiger partial charge on any atom is 0.275 e. The Hall–Kier alpha value is 0.690. The fourth-order valence-electron chi connectivity index (χ4n) is 0.112. The third-order valence-electron chi connectivity index (χ3n) is 0.664. The number of nitrogens with two attached hydrogens (primary N) is 1. The van der Waals surface area contributed by atoms with E-state index in [0.717, 1.165) is 0 Å². The molecule has 0 radical (unpaired) electrons. The van der Waals surface area contributed by atoms with Crippen LogP contribution >= 0.6 is 32.4 Å². The maximum absolute atomic E-state index is 10.5.